The van der Waals surface area contributed by atoms with Crippen LogP contribution in [0.2, 0.25) is 5.02 Å². The molecule has 0 heterocycles. The summed E-state index contributed by atoms with van der Waals surface area (Å²) in [6.07, 6.45) is 0. The van der Waals surface area contributed by atoms with E-state index in [0.717, 1.165) is 6.07 Å². The van der Waals surface area contributed by atoms with Gasteiger partial charge in [-0.15, -0.1) is 0 Å². The third kappa shape index (κ3) is 2.39. The number of benzene rings is 1. The fourth-order valence-electron chi connectivity index (χ4n) is 1.02. The van der Waals surface area contributed by atoms with Gasteiger partial charge in [0.15, 0.2) is 4.90 Å². The lowest BCUT2D eigenvalue weighted by molar-refractivity contribution is -0.387. The van der Waals surface area contributed by atoms with E-state index in [4.69, 9.17) is 22.3 Å². The van der Waals surface area contributed by atoms with Crippen molar-refractivity contribution in [3.8, 4) is 0 Å². The van der Waals surface area contributed by atoms with E-state index < -0.39 is 24.6 Å². The van der Waals surface area contributed by atoms with Crippen LogP contribution >= 0.6 is 22.3 Å². The fourth-order valence-corrected chi connectivity index (χ4v) is 2.84. The van der Waals surface area contributed by atoms with Crippen LogP contribution in [0.5, 0.6) is 0 Å². The van der Waals surface area contributed by atoms with Gasteiger partial charge in [0.05, 0.1) is 9.95 Å². The number of aryl methyl sites for hydroxylation is 1. The minimum Gasteiger partial charge on any atom is -0.258 e. The summed E-state index contributed by atoms with van der Waals surface area (Å²) in [6.45, 7) is 1.53. The van der Waals surface area contributed by atoms with Crippen molar-refractivity contribution in [2.24, 2.45) is 0 Å². The molecule has 1 rings (SSSR count). The number of nitro benzene ring substituents is 1. The number of hydrogen-bond acceptors (Lipinski definition) is 4. The van der Waals surface area contributed by atoms with Crippen molar-refractivity contribution in [3.63, 3.8) is 0 Å². The zero-order chi connectivity index (χ0) is 11.8. The van der Waals surface area contributed by atoms with Gasteiger partial charge in [-0.3, -0.25) is 10.1 Å². The van der Waals surface area contributed by atoms with Crippen LogP contribution in [-0.2, 0) is 9.05 Å². The first-order valence-electron chi connectivity index (χ1n) is 3.63. The summed E-state index contributed by atoms with van der Waals surface area (Å²) < 4.78 is 22.2. The lowest BCUT2D eigenvalue weighted by Gasteiger charge is -2.03. The average Bonchev–Trinajstić information content (AvgIpc) is 2.06. The zero-order valence-corrected chi connectivity index (χ0v) is 9.73. The largest absolute Gasteiger partial charge is 0.290 e. The molecule has 8 heteroatoms. The van der Waals surface area contributed by atoms with Crippen LogP contribution in [0.15, 0.2) is 17.0 Å². The topological polar surface area (TPSA) is 77.3 Å². The number of rotatable bonds is 2. The fraction of sp³-hybridized carbons (Fsp3) is 0.143. The van der Waals surface area contributed by atoms with E-state index in [1.165, 1.54) is 13.0 Å². The van der Waals surface area contributed by atoms with E-state index in [9.17, 15) is 18.5 Å². The molecule has 0 amide bonds. The van der Waals surface area contributed by atoms with E-state index in [2.05, 4.69) is 0 Å². The standard InChI is InChI=1S/C7H5Cl2NO4S/c1-4-2-3-5(10(11)12)7(6(4)8)15(9,13)14/h2-3H,1H3. The zero-order valence-electron chi connectivity index (χ0n) is 7.40. The normalized spacial score (nSPS) is 11.4. The first kappa shape index (κ1) is 12.2. The highest BCUT2D eigenvalue weighted by Crippen LogP contribution is 2.35. The summed E-state index contributed by atoms with van der Waals surface area (Å²) in [7, 11) is 0.835. The predicted octanol–water partition coefficient (Wildman–Crippen LogP) is 2.48. The summed E-state index contributed by atoms with van der Waals surface area (Å²) in [4.78, 5) is 9.05. The van der Waals surface area contributed by atoms with Gasteiger partial charge in [0.2, 0.25) is 0 Å². The van der Waals surface area contributed by atoms with Gasteiger partial charge in [-0.05, 0) is 12.5 Å². The first-order valence-corrected chi connectivity index (χ1v) is 6.32. The van der Waals surface area contributed by atoms with Crippen molar-refractivity contribution in [3.05, 3.63) is 32.8 Å². The molecule has 5 nitrogen and oxygen atoms in total. The van der Waals surface area contributed by atoms with E-state index in [1.807, 2.05) is 0 Å². The predicted molar refractivity (Wildman–Crippen MR) is 55.9 cm³/mol. The molecule has 0 atom stereocenters. The second-order valence-electron chi connectivity index (χ2n) is 2.74. The third-order valence-corrected chi connectivity index (χ3v) is 3.67. The maximum absolute atomic E-state index is 11.1. The molecule has 0 saturated carbocycles. The third-order valence-electron chi connectivity index (χ3n) is 1.71. The highest BCUT2D eigenvalue weighted by Gasteiger charge is 2.28. The molecule has 0 aromatic heterocycles. The molecule has 82 valence electrons. The summed E-state index contributed by atoms with van der Waals surface area (Å²) >= 11 is 5.66. The lowest BCUT2D eigenvalue weighted by atomic mass is 10.2. The van der Waals surface area contributed by atoms with Gasteiger partial charge in [-0.25, -0.2) is 8.42 Å². The van der Waals surface area contributed by atoms with Gasteiger partial charge in [-0.1, -0.05) is 17.7 Å². The van der Waals surface area contributed by atoms with Crippen LogP contribution in [0.1, 0.15) is 5.56 Å². The molecule has 0 radical (unpaired) electrons. The molecule has 15 heavy (non-hydrogen) atoms. The number of nitrogens with zero attached hydrogens (tertiary/aromatic N) is 1. The highest BCUT2D eigenvalue weighted by molar-refractivity contribution is 8.14. The second kappa shape index (κ2) is 3.96. The van der Waals surface area contributed by atoms with Gasteiger partial charge >= 0.3 is 0 Å². The van der Waals surface area contributed by atoms with Crippen LogP contribution in [0.4, 0.5) is 5.69 Å². The summed E-state index contributed by atoms with van der Waals surface area (Å²) in [6, 6.07) is 2.41. The van der Waals surface area contributed by atoms with Crippen molar-refractivity contribution < 1.29 is 13.3 Å². The minimum atomic E-state index is -4.23. The molecule has 0 bridgehead atoms. The molecule has 0 aliphatic carbocycles. The number of nitro groups is 1. The molecular weight excluding hydrogens is 265 g/mol. The lowest BCUT2D eigenvalue weighted by Crippen LogP contribution is -2.00. The van der Waals surface area contributed by atoms with E-state index in [1.54, 1.807) is 0 Å². The van der Waals surface area contributed by atoms with E-state index in [-0.39, 0.29) is 5.02 Å². The van der Waals surface area contributed by atoms with Crippen LogP contribution in [-0.4, -0.2) is 13.3 Å². The quantitative estimate of drug-likeness (QED) is 0.470. The van der Waals surface area contributed by atoms with Gasteiger partial charge in [0.1, 0.15) is 0 Å². The Kier molecular flexibility index (Phi) is 3.22. The average molecular weight is 270 g/mol. The maximum atomic E-state index is 11.1. The van der Waals surface area contributed by atoms with Crippen LogP contribution < -0.4 is 0 Å². The number of hydrogen-bond donors (Lipinski definition) is 0. The van der Waals surface area contributed by atoms with E-state index >= 15 is 0 Å². The van der Waals surface area contributed by atoms with Crippen molar-refractivity contribution in [2.75, 3.05) is 0 Å². The van der Waals surface area contributed by atoms with E-state index in [0.29, 0.717) is 5.56 Å². The maximum Gasteiger partial charge on any atom is 0.290 e. The smallest absolute Gasteiger partial charge is 0.258 e. The molecule has 0 N–H and O–H groups in total. The summed E-state index contributed by atoms with van der Waals surface area (Å²) in [5.74, 6) is 0. The van der Waals surface area contributed by atoms with Gasteiger partial charge in [0, 0.05) is 16.7 Å². The van der Waals surface area contributed by atoms with Crippen molar-refractivity contribution in [2.45, 2.75) is 11.8 Å². The molecule has 0 aliphatic heterocycles. The van der Waals surface area contributed by atoms with Crippen LogP contribution in [0.25, 0.3) is 0 Å². The second-order valence-corrected chi connectivity index (χ2v) is 5.62. The Bertz CT molecular complexity index is 526. The highest BCUT2D eigenvalue weighted by atomic mass is 35.7. The first-order chi connectivity index (χ1) is 6.75. The Balaban J connectivity index is 3.72. The van der Waals surface area contributed by atoms with Crippen molar-refractivity contribution in [1.82, 2.24) is 0 Å². The summed E-state index contributed by atoms with van der Waals surface area (Å²) in [5.41, 5.74) is -0.220. The monoisotopic (exact) mass is 269 g/mol. The van der Waals surface area contributed by atoms with Crippen molar-refractivity contribution in [1.29, 1.82) is 0 Å². The Morgan fingerprint density at radius 2 is 1.93 bits per heavy atom. The summed E-state index contributed by atoms with van der Waals surface area (Å²) in [5, 5.41) is 10.3. The minimum absolute atomic E-state index is 0.223. The van der Waals surface area contributed by atoms with Crippen LogP contribution in [0.3, 0.4) is 0 Å². The Hall–Kier alpha value is -0.850. The Morgan fingerprint density at radius 1 is 1.40 bits per heavy atom. The van der Waals surface area contributed by atoms with Crippen LogP contribution in [0, 0.1) is 17.0 Å². The molecule has 1 aromatic carbocycles. The molecule has 0 aliphatic rings. The molecule has 1 aromatic rings. The molecule has 0 saturated heterocycles. The van der Waals surface area contributed by atoms with Gasteiger partial charge in [0.25, 0.3) is 14.7 Å². The molecule has 0 fully saturated rings. The van der Waals surface area contributed by atoms with Gasteiger partial charge in [-0.2, -0.15) is 0 Å². The molecule has 0 spiro atoms. The molecular formula is C7H5Cl2NO4S. The van der Waals surface area contributed by atoms with Gasteiger partial charge < -0.3 is 0 Å². The van der Waals surface area contributed by atoms with Crippen molar-refractivity contribution >= 4 is 37.0 Å². The number of halogens is 2. The molecule has 0 unspecified atom stereocenters. The Labute approximate surface area is 95.2 Å². The Morgan fingerprint density at radius 3 is 2.33 bits per heavy atom. The SMILES string of the molecule is Cc1ccc([N+](=O)[O-])c(S(=O)(=O)Cl)c1Cl.